The number of hydrogen-bond donors (Lipinski definition) is 1. The number of nitrogens with zero attached hydrogens (tertiary/aromatic N) is 1. The van der Waals surface area contributed by atoms with E-state index in [2.05, 4.69) is 10.3 Å². The van der Waals surface area contributed by atoms with E-state index in [1.165, 1.54) is 18.6 Å². The van der Waals surface area contributed by atoms with Crippen molar-refractivity contribution in [3.8, 4) is 11.5 Å². The Morgan fingerprint density at radius 1 is 1.03 bits per heavy atom. The fourth-order valence-corrected chi connectivity index (χ4v) is 5.06. The number of hydrogen-bond acceptors (Lipinski definition) is 5. The number of halogens is 1. The summed E-state index contributed by atoms with van der Waals surface area (Å²) in [6, 6.07) is 13.9. The molecule has 4 rings (SSSR count). The summed E-state index contributed by atoms with van der Waals surface area (Å²) in [6.45, 7) is 1.95. The first-order valence-corrected chi connectivity index (χ1v) is 11.7. The third kappa shape index (κ3) is 4.19. The Bertz CT molecular complexity index is 1100. The third-order valence-electron chi connectivity index (χ3n) is 5.29. The van der Waals surface area contributed by atoms with Crippen LogP contribution in [0.3, 0.4) is 0 Å². The van der Waals surface area contributed by atoms with E-state index in [0.29, 0.717) is 10.9 Å². The Balaban J connectivity index is 1.80. The Morgan fingerprint density at radius 3 is 2.41 bits per heavy atom. The van der Waals surface area contributed by atoms with Gasteiger partial charge in [-0.15, -0.1) is 0 Å². The molecule has 1 heterocycles. The van der Waals surface area contributed by atoms with Gasteiger partial charge in [0, 0.05) is 16.6 Å². The quantitative estimate of drug-likeness (QED) is 0.547. The molecule has 0 radical (unpaired) electrons. The van der Waals surface area contributed by atoms with E-state index >= 15 is 0 Å². The van der Waals surface area contributed by atoms with Crippen LogP contribution in [-0.2, 0) is 9.84 Å². The van der Waals surface area contributed by atoms with Gasteiger partial charge in [-0.25, -0.2) is 8.42 Å². The van der Waals surface area contributed by atoms with E-state index < -0.39 is 9.84 Å². The van der Waals surface area contributed by atoms with Crippen molar-refractivity contribution in [2.75, 3.05) is 5.32 Å². The predicted octanol–water partition coefficient (Wildman–Crippen LogP) is 5.88. The highest BCUT2D eigenvalue weighted by molar-refractivity contribution is 7.91. The first-order chi connectivity index (χ1) is 13.9. The highest BCUT2D eigenvalue weighted by Crippen LogP contribution is 2.35. The van der Waals surface area contributed by atoms with Crippen LogP contribution >= 0.6 is 11.6 Å². The average molecular weight is 431 g/mol. The lowest BCUT2D eigenvalue weighted by molar-refractivity contribution is 0.450. The number of rotatable bonds is 5. The second-order valence-electron chi connectivity index (χ2n) is 7.40. The van der Waals surface area contributed by atoms with Crippen molar-refractivity contribution in [3.63, 3.8) is 0 Å². The number of benzene rings is 2. The van der Waals surface area contributed by atoms with Crippen LogP contribution in [0.5, 0.6) is 0 Å². The molecule has 0 saturated heterocycles. The third-order valence-corrected chi connectivity index (χ3v) is 7.22. The summed E-state index contributed by atoms with van der Waals surface area (Å²) in [4.78, 5) is 4.56. The Hall–Kier alpha value is -2.31. The molecule has 1 fully saturated rings. The highest BCUT2D eigenvalue weighted by Gasteiger charge is 2.30. The molecular weight excluding hydrogens is 408 g/mol. The molecule has 0 bridgehead atoms. The van der Waals surface area contributed by atoms with Crippen LogP contribution in [-0.4, -0.2) is 19.4 Å². The van der Waals surface area contributed by atoms with Crippen LogP contribution in [0, 0.1) is 6.92 Å². The van der Waals surface area contributed by atoms with Crippen LogP contribution < -0.4 is 5.32 Å². The van der Waals surface area contributed by atoms with E-state index in [1.807, 2.05) is 31.2 Å². The van der Waals surface area contributed by atoms with Gasteiger partial charge < -0.3 is 9.73 Å². The van der Waals surface area contributed by atoms with E-state index in [9.17, 15) is 8.42 Å². The molecule has 29 heavy (non-hydrogen) atoms. The van der Waals surface area contributed by atoms with Gasteiger partial charge in [-0.1, -0.05) is 49.1 Å². The minimum Gasteiger partial charge on any atom is -0.419 e. The standard InChI is InChI=1S/C22H23ClN2O3S/c1-15-7-5-6-10-19(15)20-25-22(21(28-20)24-17-8-3-2-4-9-17)29(26,27)18-13-11-16(23)12-14-18/h5-7,10-14,17,24H,2-4,8-9H2,1H3. The van der Waals surface area contributed by atoms with E-state index in [4.69, 9.17) is 16.0 Å². The van der Waals surface area contributed by atoms with Gasteiger partial charge in [0.2, 0.25) is 26.6 Å². The van der Waals surface area contributed by atoms with Gasteiger partial charge in [0.05, 0.1) is 4.90 Å². The molecule has 0 aliphatic heterocycles. The molecule has 1 aliphatic carbocycles. The van der Waals surface area contributed by atoms with Crippen molar-refractivity contribution in [3.05, 3.63) is 59.1 Å². The molecule has 0 spiro atoms. The molecule has 1 aliphatic rings. The molecular formula is C22H23ClN2O3S. The summed E-state index contributed by atoms with van der Waals surface area (Å²) >= 11 is 5.93. The second-order valence-corrected chi connectivity index (χ2v) is 9.71. The summed E-state index contributed by atoms with van der Waals surface area (Å²) < 4.78 is 32.7. The predicted molar refractivity (Wildman–Crippen MR) is 114 cm³/mol. The lowest BCUT2D eigenvalue weighted by atomic mass is 9.96. The minimum absolute atomic E-state index is 0.0800. The number of aromatic nitrogens is 1. The van der Waals surface area contributed by atoms with E-state index in [0.717, 1.165) is 36.8 Å². The maximum Gasteiger partial charge on any atom is 0.234 e. The van der Waals surface area contributed by atoms with Gasteiger partial charge >= 0.3 is 0 Å². The molecule has 1 N–H and O–H groups in total. The van der Waals surface area contributed by atoms with Crippen LogP contribution in [0.4, 0.5) is 5.88 Å². The summed E-state index contributed by atoms with van der Waals surface area (Å²) in [5.74, 6) is 0.513. The largest absolute Gasteiger partial charge is 0.419 e. The van der Waals surface area contributed by atoms with Crippen molar-refractivity contribution < 1.29 is 12.8 Å². The molecule has 7 heteroatoms. The zero-order chi connectivity index (χ0) is 20.4. The summed E-state index contributed by atoms with van der Waals surface area (Å²) in [7, 11) is -3.86. The first-order valence-electron chi connectivity index (χ1n) is 9.79. The van der Waals surface area contributed by atoms with Crippen LogP contribution in [0.25, 0.3) is 11.5 Å². The summed E-state index contributed by atoms with van der Waals surface area (Å²) in [5, 5.41) is 3.71. The minimum atomic E-state index is -3.86. The van der Waals surface area contributed by atoms with Crippen molar-refractivity contribution in [1.29, 1.82) is 0 Å². The van der Waals surface area contributed by atoms with Gasteiger partial charge in [-0.3, -0.25) is 0 Å². The van der Waals surface area contributed by atoms with Crippen molar-refractivity contribution >= 4 is 27.3 Å². The molecule has 1 aromatic heterocycles. The zero-order valence-corrected chi connectivity index (χ0v) is 17.8. The molecule has 5 nitrogen and oxygen atoms in total. The molecule has 1 saturated carbocycles. The summed E-state index contributed by atoms with van der Waals surface area (Å²) in [5.41, 5.74) is 1.74. The molecule has 2 aromatic carbocycles. The normalized spacial score (nSPS) is 15.4. The van der Waals surface area contributed by atoms with Crippen LogP contribution in [0.1, 0.15) is 37.7 Å². The molecule has 0 amide bonds. The fourth-order valence-electron chi connectivity index (χ4n) is 3.67. The number of sulfone groups is 1. The lowest BCUT2D eigenvalue weighted by Gasteiger charge is -2.22. The molecule has 0 unspecified atom stereocenters. The van der Waals surface area contributed by atoms with Gasteiger partial charge in [-0.05, 0) is 55.7 Å². The molecule has 152 valence electrons. The second kappa shape index (κ2) is 8.20. The van der Waals surface area contributed by atoms with Gasteiger partial charge in [0.15, 0.2) is 0 Å². The topological polar surface area (TPSA) is 72.2 Å². The maximum absolute atomic E-state index is 13.3. The SMILES string of the molecule is Cc1ccccc1-c1nc(S(=O)(=O)c2ccc(Cl)cc2)c(NC2CCCCC2)o1. The van der Waals surface area contributed by atoms with Crippen molar-refractivity contribution in [1.82, 2.24) is 4.98 Å². The van der Waals surface area contributed by atoms with Gasteiger partial charge in [0.25, 0.3) is 0 Å². The first kappa shape index (κ1) is 20.0. The maximum atomic E-state index is 13.3. The van der Waals surface area contributed by atoms with Crippen LogP contribution in [0.2, 0.25) is 5.02 Å². The lowest BCUT2D eigenvalue weighted by Crippen LogP contribution is -2.23. The number of anilines is 1. The van der Waals surface area contributed by atoms with Crippen molar-refractivity contribution in [2.24, 2.45) is 0 Å². The zero-order valence-electron chi connectivity index (χ0n) is 16.2. The number of aryl methyl sites for hydroxylation is 1. The van der Waals surface area contributed by atoms with Gasteiger partial charge in [0.1, 0.15) is 0 Å². The monoisotopic (exact) mass is 430 g/mol. The van der Waals surface area contributed by atoms with Gasteiger partial charge in [-0.2, -0.15) is 4.98 Å². The Kier molecular flexibility index (Phi) is 5.65. The van der Waals surface area contributed by atoms with E-state index in [1.54, 1.807) is 12.1 Å². The summed E-state index contributed by atoms with van der Waals surface area (Å²) in [6.07, 6.45) is 5.42. The number of nitrogens with one attached hydrogen (secondary N) is 1. The highest BCUT2D eigenvalue weighted by atomic mass is 35.5. The fraction of sp³-hybridized carbons (Fsp3) is 0.318. The smallest absolute Gasteiger partial charge is 0.234 e. The Morgan fingerprint density at radius 2 is 1.72 bits per heavy atom. The molecule has 0 atom stereocenters. The number of oxazole rings is 1. The van der Waals surface area contributed by atoms with Crippen LogP contribution in [0.15, 0.2) is 62.9 Å². The average Bonchev–Trinajstić information content (AvgIpc) is 3.14. The molecule has 3 aromatic rings. The van der Waals surface area contributed by atoms with E-state index in [-0.39, 0.29) is 21.8 Å². The Labute approximate surface area is 176 Å². The van der Waals surface area contributed by atoms with Crippen molar-refractivity contribution in [2.45, 2.75) is 55.0 Å².